The molecule has 0 spiro atoms. The second kappa shape index (κ2) is 3.90. The van der Waals surface area contributed by atoms with Crippen LogP contribution in [0, 0.1) is 0 Å². The molecule has 9 heavy (non-hydrogen) atoms. The van der Waals surface area contributed by atoms with E-state index >= 15 is 0 Å². The quantitative estimate of drug-likeness (QED) is 0.603. The molecule has 0 aromatic carbocycles. The second-order valence-electron chi connectivity index (χ2n) is 1.64. The summed E-state index contributed by atoms with van der Waals surface area (Å²) in [5.74, 6) is 0. The van der Waals surface area contributed by atoms with E-state index in [-0.39, 0.29) is 0 Å². The molecule has 4 heteroatoms. The molecule has 0 rings (SSSR count). The summed E-state index contributed by atoms with van der Waals surface area (Å²) in [5, 5.41) is 1.01. The first kappa shape index (κ1) is 8.98. The minimum Gasteiger partial charge on any atom is -0.208 e. The largest absolute Gasteiger partial charge is 0.254 e. The maximum Gasteiger partial charge on any atom is 0.254 e. The second-order valence-corrected chi connectivity index (χ2v) is 4.15. The Bertz CT molecular complexity index is 181. The van der Waals surface area contributed by atoms with E-state index in [0.717, 1.165) is 18.2 Å². The molecule has 0 saturated heterocycles. The highest BCUT2D eigenvalue weighted by molar-refractivity contribution is 8.16. The van der Waals surface area contributed by atoms with Crippen molar-refractivity contribution in [3.8, 4) is 0 Å². The summed E-state index contributed by atoms with van der Waals surface area (Å²) in [5.41, 5.74) is 0. The van der Waals surface area contributed by atoms with E-state index < -0.39 is 9.05 Å². The van der Waals surface area contributed by atoms with Gasteiger partial charge < -0.3 is 0 Å². The Morgan fingerprint density at radius 1 is 1.56 bits per heavy atom. The van der Waals surface area contributed by atoms with Crippen LogP contribution in [0.2, 0.25) is 0 Å². The summed E-state index contributed by atoms with van der Waals surface area (Å²) >= 11 is 0. The van der Waals surface area contributed by atoms with Crippen molar-refractivity contribution >= 4 is 19.7 Å². The van der Waals surface area contributed by atoms with Gasteiger partial charge in [-0.15, -0.1) is 0 Å². The Hall–Kier alpha value is -0.0200. The highest BCUT2D eigenvalue weighted by Gasteiger charge is 1.93. The predicted octanol–water partition coefficient (Wildman–Crippen LogP) is 1.87. The van der Waals surface area contributed by atoms with Crippen molar-refractivity contribution in [2.24, 2.45) is 0 Å². The van der Waals surface area contributed by atoms with Crippen molar-refractivity contribution in [1.29, 1.82) is 0 Å². The Kier molecular flexibility index (Phi) is 3.89. The normalized spacial score (nSPS) is 12.7. The molecule has 0 aliphatic heterocycles. The van der Waals surface area contributed by atoms with Crippen molar-refractivity contribution in [3.05, 3.63) is 11.5 Å². The zero-order chi connectivity index (χ0) is 7.33. The molecular formula is C5H9ClO2S. The highest BCUT2D eigenvalue weighted by atomic mass is 35.7. The smallest absolute Gasteiger partial charge is 0.208 e. The van der Waals surface area contributed by atoms with Gasteiger partial charge in [0.25, 0.3) is 9.05 Å². The predicted molar refractivity (Wildman–Crippen MR) is 38.8 cm³/mol. The van der Waals surface area contributed by atoms with Crippen LogP contribution in [-0.4, -0.2) is 8.42 Å². The summed E-state index contributed by atoms with van der Waals surface area (Å²) in [4.78, 5) is 0. The molecule has 0 saturated carbocycles. The average Bonchev–Trinajstić information content (AvgIpc) is 1.63. The molecule has 0 N–H and O–H groups in total. The molecule has 54 valence electrons. The zero-order valence-corrected chi connectivity index (χ0v) is 6.74. The van der Waals surface area contributed by atoms with E-state index in [9.17, 15) is 8.42 Å². The van der Waals surface area contributed by atoms with Gasteiger partial charge in [-0.05, 0) is 6.42 Å². The minimum atomic E-state index is -3.40. The van der Waals surface area contributed by atoms with Gasteiger partial charge in [-0.3, -0.25) is 0 Å². The van der Waals surface area contributed by atoms with Crippen molar-refractivity contribution in [3.63, 3.8) is 0 Å². The Morgan fingerprint density at radius 3 is 2.44 bits per heavy atom. The molecule has 0 atom stereocenters. The number of unbranched alkanes of at least 4 members (excludes halogenated alkanes) is 1. The lowest BCUT2D eigenvalue weighted by Gasteiger charge is -1.81. The van der Waals surface area contributed by atoms with Crippen LogP contribution in [0.3, 0.4) is 0 Å². The van der Waals surface area contributed by atoms with Crippen LogP contribution in [0.1, 0.15) is 19.8 Å². The van der Waals surface area contributed by atoms with E-state index in [0.29, 0.717) is 0 Å². The lowest BCUT2D eigenvalue weighted by atomic mass is 10.3. The van der Waals surface area contributed by atoms with Crippen molar-refractivity contribution in [2.45, 2.75) is 19.8 Å². The Labute approximate surface area is 59.9 Å². The minimum absolute atomic E-state index is 0.756. The third-order valence-corrected chi connectivity index (χ3v) is 1.54. The van der Waals surface area contributed by atoms with Gasteiger partial charge in [0.15, 0.2) is 0 Å². The summed E-state index contributed by atoms with van der Waals surface area (Å²) in [7, 11) is 1.45. The number of allylic oxidation sites excluding steroid dienone is 1. The fourth-order valence-electron chi connectivity index (χ4n) is 0.350. The van der Waals surface area contributed by atoms with Gasteiger partial charge in [-0.2, -0.15) is 0 Å². The first-order chi connectivity index (χ1) is 4.06. The molecular weight excluding hydrogens is 160 g/mol. The van der Waals surface area contributed by atoms with Gasteiger partial charge in [0.2, 0.25) is 0 Å². The molecule has 0 aromatic rings. The van der Waals surface area contributed by atoms with Gasteiger partial charge in [0.1, 0.15) is 0 Å². The number of halogens is 1. The highest BCUT2D eigenvalue weighted by Crippen LogP contribution is 1.99. The zero-order valence-electron chi connectivity index (χ0n) is 5.17. The molecule has 0 aliphatic carbocycles. The van der Waals surface area contributed by atoms with Crippen LogP contribution < -0.4 is 0 Å². The summed E-state index contributed by atoms with van der Waals surface area (Å²) in [6, 6.07) is 0. The van der Waals surface area contributed by atoms with Crippen LogP contribution >= 0.6 is 10.7 Å². The maximum absolute atomic E-state index is 10.2. The summed E-state index contributed by atoms with van der Waals surface area (Å²) in [6.07, 6.45) is 3.23. The number of rotatable bonds is 3. The fraction of sp³-hybridized carbons (Fsp3) is 0.600. The first-order valence-electron chi connectivity index (χ1n) is 2.67. The molecule has 0 aromatic heterocycles. The first-order valence-corrected chi connectivity index (χ1v) is 5.04. The van der Waals surface area contributed by atoms with Crippen molar-refractivity contribution in [1.82, 2.24) is 0 Å². The van der Waals surface area contributed by atoms with Gasteiger partial charge >= 0.3 is 0 Å². The topological polar surface area (TPSA) is 34.1 Å². The van der Waals surface area contributed by atoms with Crippen LogP contribution in [0.4, 0.5) is 0 Å². The molecule has 0 bridgehead atoms. The van der Waals surface area contributed by atoms with E-state index in [1.165, 1.54) is 0 Å². The summed E-state index contributed by atoms with van der Waals surface area (Å²) < 4.78 is 20.4. The molecule has 0 radical (unpaired) electrons. The molecule has 0 fully saturated rings. The lowest BCUT2D eigenvalue weighted by Crippen LogP contribution is -1.78. The summed E-state index contributed by atoms with van der Waals surface area (Å²) in [6.45, 7) is 1.96. The Morgan fingerprint density at radius 2 is 2.11 bits per heavy atom. The van der Waals surface area contributed by atoms with Gasteiger partial charge in [0.05, 0.1) is 0 Å². The van der Waals surface area contributed by atoms with E-state index in [1.807, 2.05) is 6.92 Å². The van der Waals surface area contributed by atoms with E-state index in [2.05, 4.69) is 0 Å². The monoisotopic (exact) mass is 168 g/mol. The van der Waals surface area contributed by atoms with Crippen LogP contribution in [0.15, 0.2) is 11.5 Å². The van der Waals surface area contributed by atoms with Gasteiger partial charge in [-0.1, -0.05) is 19.4 Å². The number of hydrogen-bond donors (Lipinski definition) is 0. The molecule has 0 amide bonds. The van der Waals surface area contributed by atoms with Crippen LogP contribution in [0.25, 0.3) is 0 Å². The van der Waals surface area contributed by atoms with E-state index in [1.54, 1.807) is 6.08 Å². The van der Waals surface area contributed by atoms with Crippen molar-refractivity contribution < 1.29 is 8.42 Å². The third-order valence-electron chi connectivity index (χ3n) is 0.714. The molecule has 0 aliphatic rings. The van der Waals surface area contributed by atoms with Gasteiger partial charge in [0, 0.05) is 16.1 Å². The molecule has 0 unspecified atom stereocenters. The Balaban J connectivity index is 3.73. The standard InChI is InChI=1S/C5H9ClO2S/c1-2-3-4-5-9(6,7)8/h4-5H,2-3H2,1H3/b5-4+. The fourth-order valence-corrected chi connectivity index (χ4v) is 0.934. The SMILES string of the molecule is CCC/C=C/S(=O)(=O)Cl. The average molecular weight is 169 g/mol. The molecule has 2 nitrogen and oxygen atoms in total. The van der Waals surface area contributed by atoms with Crippen LogP contribution in [-0.2, 0) is 9.05 Å². The lowest BCUT2D eigenvalue weighted by molar-refractivity contribution is 0.617. The number of hydrogen-bond acceptors (Lipinski definition) is 2. The van der Waals surface area contributed by atoms with E-state index in [4.69, 9.17) is 10.7 Å². The van der Waals surface area contributed by atoms with Gasteiger partial charge in [-0.25, -0.2) is 8.42 Å². The van der Waals surface area contributed by atoms with Crippen molar-refractivity contribution in [2.75, 3.05) is 0 Å². The maximum atomic E-state index is 10.2. The van der Waals surface area contributed by atoms with Crippen LogP contribution in [0.5, 0.6) is 0 Å². The molecule has 0 heterocycles. The third kappa shape index (κ3) is 7.98.